The number of thioether (sulfide) groups is 1. The van der Waals surface area contributed by atoms with E-state index in [4.69, 9.17) is 4.74 Å². The quantitative estimate of drug-likeness (QED) is 0.262. The lowest BCUT2D eigenvalue weighted by Crippen LogP contribution is -2.39. The summed E-state index contributed by atoms with van der Waals surface area (Å²) >= 11 is 1.84. The van der Waals surface area contributed by atoms with E-state index in [0.717, 1.165) is 38.6 Å². The second kappa shape index (κ2) is 13.0. The molecule has 0 saturated heterocycles. The number of hydrogen-bond donors (Lipinski definition) is 2. The van der Waals surface area contributed by atoms with Gasteiger partial charge in [0.25, 0.3) is 0 Å². The molecule has 0 atom stereocenters. The molecule has 0 aliphatic carbocycles. The van der Waals surface area contributed by atoms with Gasteiger partial charge in [-0.3, -0.25) is 4.99 Å². The van der Waals surface area contributed by atoms with Crippen molar-refractivity contribution in [3.63, 3.8) is 0 Å². The summed E-state index contributed by atoms with van der Waals surface area (Å²) in [7, 11) is 0. The number of hydrogen-bond acceptors (Lipinski definition) is 3. The smallest absolute Gasteiger partial charge is 0.191 e. The molecule has 0 aliphatic heterocycles. The largest absolute Gasteiger partial charge is 0.379 e. The molecule has 0 fully saturated rings. The normalized spacial score (nSPS) is 12.2. The van der Waals surface area contributed by atoms with Crippen LogP contribution in [-0.4, -0.2) is 49.3 Å². The molecule has 0 unspecified atom stereocenters. The first kappa shape index (κ1) is 22.6. The van der Waals surface area contributed by atoms with Crippen LogP contribution in [0.5, 0.6) is 0 Å². The minimum atomic E-state index is 0. The van der Waals surface area contributed by atoms with Crippen molar-refractivity contribution in [2.24, 2.45) is 4.99 Å². The summed E-state index contributed by atoms with van der Waals surface area (Å²) in [6.45, 7) is 14.0. The van der Waals surface area contributed by atoms with E-state index in [0.29, 0.717) is 6.10 Å². The zero-order valence-corrected chi connectivity index (χ0v) is 16.9. The van der Waals surface area contributed by atoms with E-state index in [1.54, 1.807) is 0 Å². The average molecular weight is 417 g/mol. The molecule has 6 heteroatoms. The predicted octanol–water partition coefficient (Wildman–Crippen LogP) is 3.12. The van der Waals surface area contributed by atoms with Crippen LogP contribution in [0, 0.1) is 0 Å². The molecule has 0 bridgehead atoms. The van der Waals surface area contributed by atoms with E-state index >= 15 is 0 Å². The second-order valence-electron chi connectivity index (χ2n) is 5.36. The number of nitrogens with one attached hydrogen (secondary N) is 2. The summed E-state index contributed by atoms with van der Waals surface area (Å²) in [5.74, 6) is 0.897. The maximum absolute atomic E-state index is 5.51. The van der Waals surface area contributed by atoms with Crippen LogP contribution in [0.15, 0.2) is 4.99 Å². The lowest BCUT2D eigenvalue weighted by Gasteiger charge is -2.20. The van der Waals surface area contributed by atoms with Crippen LogP contribution < -0.4 is 10.6 Å². The molecule has 0 amide bonds. The Morgan fingerprint density at radius 2 is 1.95 bits per heavy atom. The summed E-state index contributed by atoms with van der Waals surface area (Å²) in [6.07, 6.45) is 3.43. The van der Waals surface area contributed by atoms with E-state index in [1.165, 1.54) is 0 Å². The topological polar surface area (TPSA) is 45.7 Å². The zero-order valence-electron chi connectivity index (χ0n) is 13.8. The molecule has 122 valence electrons. The van der Waals surface area contributed by atoms with Crippen LogP contribution in [0.3, 0.4) is 0 Å². The number of halogens is 1. The third-order valence-electron chi connectivity index (χ3n) is 2.58. The Kier molecular flexibility index (Phi) is 14.7. The molecule has 0 spiro atoms. The van der Waals surface area contributed by atoms with Gasteiger partial charge < -0.3 is 15.4 Å². The van der Waals surface area contributed by atoms with Gasteiger partial charge >= 0.3 is 0 Å². The van der Waals surface area contributed by atoms with E-state index in [9.17, 15) is 0 Å². The summed E-state index contributed by atoms with van der Waals surface area (Å²) in [5, 5.41) is 6.61. The summed E-state index contributed by atoms with van der Waals surface area (Å²) in [6, 6.07) is 0. The number of nitrogens with zero attached hydrogens (tertiary/aromatic N) is 1. The van der Waals surface area contributed by atoms with Gasteiger partial charge in [-0.2, -0.15) is 11.8 Å². The third kappa shape index (κ3) is 13.3. The first-order chi connectivity index (χ1) is 8.91. The first-order valence-electron chi connectivity index (χ1n) is 7.10. The van der Waals surface area contributed by atoms with Gasteiger partial charge in [0.05, 0.1) is 12.6 Å². The standard InChI is InChI=1S/C14H31N3OS.HI/c1-7-15-13(17-11-14(4,5)19-6)16-9-8-10-18-12(2)3;/h12H,7-11H2,1-6H3,(H2,15,16,17);1H. The van der Waals surface area contributed by atoms with Gasteiger partial charge in [0.2, 0.25) is 0 Å². The summed E-state index contributed by atoms with van der Waals surface area (Å²) < 4.78 is 5.70. The van der Waals surface area contributed by atoms with Crippen molar-refractivity contribution in [3.05, 3.63) is 0 Å². The summed E-state index contributed by atoms with van der Waals surface area (Å²) in [4.78, 5) is 4.62. The first-order valence-corrected chi connectivity index (χ1v) is 8.32. The van der Waals surface area contributed by atoms with Gasteiger partial charge in [-0.25, -0.2) is 0 Å². The maximum Gasteiger partial charge on any atom is 0.191 e. The van der Waals surface area contributed by atoms with Crippen molar-refractivity contribution in [3.8, 4) is 0 Å². The van der Waals surface area contributed by atoms with Crippen molar-refractivity contribution < 1.29 is 4.74 Å². The van der Waals surface area contributed by atoms with E-state index in [2.05, 4.69) is 56.5 Å². The van der Waals surface area contributed by atoms with Crippen LogP contribution in [0.25, 0.3) is 0 Å². The van der Waals surface area contributed by atoms with Crippen molar-refractivity contribution in [1.29, 1.82) is 0 Å². The molecule has 0 rings (SSSR count). The molecule has 4 nitrogen and oxygen atoms in total. The van der Waals surface area contributed by atoms with Crippen molar-refractivity contribution in [1.82, 2.24) is 10.6 Å². The zero-order chi connectivity index (χ0) is 14.7. The molecule has 0 aromatic heterocycles. The fourth-order valence-electron chi connectivity index (χ4n) is 1.27. The minimum Gasteiger partial charge on any atom is -0.379 e. The Morgan fingerprint density at radius 1 is 1.30 bits per heavy atom. The maximum atomic E-state index is 5.51. The predicted molar refractivity (Wildman–Crippen MR) is 103 cm³/mol. The monoisotopic (exact) mass is 417 g/mol. The van der Waals surface area contributed by atoms with Crippen LogP contribution in [-0.2, 0) is 4.74 Å². The highest BCUT2D eigenvalue weighted by Crippen LogP contribution is 2.20. The minimum absolute atomic E-state index is 0. The number of guanidine groups is 1. The Labute approximate surface area is 146 Å². The van der Waals surface area contributed by atoms with Gasteiger partial charge in [0.15, 0.2) is 5.96 Å². The highest BCUT2D eigenvalue weighted by molar-refractivity contribution is 14.0. The number of ether oxygens (including phenoxy) is 1. The molecular formula is C14H32IN3OS. The van der Waals surface area contributed by atoms with Crippen LogP contribution in [0.1, 0.15) is 41.0 Å². The van der Waals surface area contributed by atoms with Gasteiger partial charge in [-0.05, 0) is 47.3 Å². The Hall–Kier alpha value is 0.310. The highest BCUT2D eigenvalue weighted by atomic mass is 127. The average Bonchev–Trinajstić information content (AvgIpc) is 2.35. The molecule has 0 aromatic rings. The molecular weight excluding hydrogens is 385 g/mol. The highest BCUT2D eigenvalue weighted by Gasteiger charge is 2.15. The molecule has 20 heavy (non-hydrogen) atoms. The van der Waals surface area contributed by atoms with Gasteiger partial charge in [0.1, 0.15) is 0 Å². The van der Waals surface area contributed by atoms with Crippen LogP contribution in [0.2, 0.25) is 0 Å². The van der Waals surface area contributed by atoms with Gasteiger partial charge in [0, 0.05) is 24.4 Å². The fraction of sp³-hybridized carbons (Fsp3) is 0.929. The Balaban J connectivity index is 0. The molecule has 0 radical (unpaired) electrons. The van der Waals surface area contributed by atoms with Crippen molar-refractivity contribution in [2.75, 3.05) is 32.5 Å². The van der Waals surface area contributed by atoms with Gasteiger partial charge in [-0.1, -0.05) is 0 Å². The van der Waals surface area contributed by atoms with Crippen LogP contribution in [0.4, 0.5) is 0 Å². The Bertz CT molecular complexity index is 261. The number of rotatable bonds is 9. The van der Waals surface area contributed by atoms with Crippen molar-refractivity contribution >= 4 is 41.7 Å². The molecule has 0 aliphatic rings. The Morgan fingerprint density at radius 3 is 2.45 bits per heavy atom. The lowest BCUT2D eigenvalue weighted by molar-refractivity contribution is 0.0776. The number of aliphatic imine (C=N–C) groups is 1. The van der Waals surface area contributed by atoms with Crippen molar-refractivity contribution in [2.45, 2.75) is 51.9 Å². The van der Waals surface area contributed by atoms with Gasteiger partial charge in [-0.15, -0.1) is 24.0 Å². The summed E-state index contributed by atoms with van der Waals surface area (Å²) in [5.41, 5.74) is 0. The lowest BCUT2D eigenvalue weighted by atomic mass is 10.2. The van der Waals surface area contributed by atoms with E-state index in [-0.39, 0.29) is 28.7 Å². The molecule has 0 saturated carbocycles. The second-order valence-corrected chi connectivity index (χ2v) is 6.87. The van der Waals surface area contributed by atoms with E-state index in [1.807, 2.05) is 11.8 Å². The molecule has 0 heterocycles. The SMILES string of the molecule is CCNC(=NCC(C)(C)SC)NCCCOC(C)C.I. The molecule has 2 N–H and O–H groups in total. The fourth-order valence-corrected chi connectivity index (χ4v) is 1.47. The third-order valence-corrected chi connectivity index (χ3v) is 3.81. The van der Waals surface area contributed by atoms with Crippen LogP contribution >= 0.6 is 35.7 Å². The van der Waals surface area contributed by atoms with E-state index < -0.39 is 0 Å². The molecule has 0 aromatic carbocycles.